The SMILES string of the molecule is FC(F)(F)c1ccccc1-c1ccc2c(c1)c1cc3c4ccccc4n(-c4ccc(-c5ccnc6ncccc56)cc4)c3cc1n2-c1ccccc1. The summed E-state index contributed by atoms with van der Waals surface area (Å²) in [5, 5.41) is 5.00. The van der Waals surface area contributed by atoms with Gasteiger partial charge in [0, 0.05) is 50.7 Å². The van der Waals surface area contributed by atoms with E-state index in [-0.39, 0.29) is 5.56 Å². The molecule has 0 spiro atoms. The Labute approximate surface area is 295 Å². The Bertz CT molecular complexity index is 2990. The second-order valence-corrected chi connectivity index (χ2v) is 13.0. The number of alkyl halides is 3. The summed E-state index contributed by atoms with van der Waals surface area (Å²) < 4.78 is 46.9. The lowest BCUT2D eigenvalue weighted by atomic mass is 9.97. The molecule has 0 amide bonds. The average molecular weight is 681 g/mol. The number of fused-ring (bicyclic) bond motifs is 7. The molecule has 0 aliphatic heterocycles. The van der Waals surface area contributed by atoms with Crippen molar-refractivity contribution >= 4 is 54.6 Å². The van der Waals surface area contributed by atoms with Crippen LogP contribution >= 0.6 is 0 Å². The zero-order valence-electron chi connectivity index (χ0n) is 27.5. The first-order chi connectivity index (χ1) is 25.4. The van der Waals surface area contributed by atoms with Crippen LogP contribution in [-0.2, 0) is 6.18 Å². The van der Waals surface area contributed by atoms with Crippen molar-refractivity contribution in [3.63, 3.8) is 0 Å². The van der Waals surface area contributed by atoms with Gasteiger partial charge in [-0.15, -0.1) is 0 Å². The first-order valence-electron chi connectivity index (χ1n) is 17.0. The lowest BCUT2D eigenvalue weighted by molar-refractivity contribution is -0.137. The highest BCUT2D eigenvalue weighted by Gasteiger charge is 2.33. The van der Waals surface area contributed by atoms with Crippen molar-refractivity contribution in [1.29, 1.82) is 0 Å². The molecule has 0 radical (unpaired) electrons. The van der Waals surface area contributed by atoms with Crippen LogP contribution in [0.5, 0.6) is 0 Å². The predicted octanol–water partition coefficient (Wildman–Crippen LogP) is 12.2. The van der Waals surface area contributed by atoms with E-state index >= 15 is 0 Å². The van der Waals surface area contributed by atoms with Gasteiger partial charge in [-0.25, -0.2) is 9.97 Å². The predicted molar refractivity (Wildman–Crippen MR) is 204 cm³/mol. The van der Waals surface area contributed by atoms with Crippen molar-refractivity contribution in [2.45, 2.75) is 6.18 Å². The molecule has 7 heteroatoms. The summed E-state index contributed by atoms with van der Waals surface area (Å²) in [5.74, 6) is 0. The van der Waals surface area contributed by atoms with Gasteiger partial charge in [-0.3, -0.25) is 0 Å². The van der Waals surface area contributed by atoms with E-state index in [2.05, 4.69) is 79.8 Å². The molecule has 0 fully saturated rings. The van der Waals surface area contributed by atoms with Gasteiger partial charge in [0.1, 0.15) is 0 Å². The summed E-state index contributed by atoms with van der Waals surface area (Å²) in [4.78, 5) is 8.87. The molecule has 0 bridgehead atoms. The summed E-state index contributed by atoms with van der Waals surface area (Å²) in [6, 6.07) is 48.9. The molecule has 0 aliphatic rings. The van der Waals surface area contributed by atoms with Crippen LogP contribution in [0.4, 0.5) is 13.2 Å². The number of pyridine rings is 2. The third-order valence-corrected chi connectivity index (χ3v) is 10.1. The maximum atomic E-state index is 14.2. The zero-order valence-corrected chi connectivity index (χ0v) is 27.5. The topological polar surface area (TPSA) is 35.6 Å². The van der Waals surface area contributed by atoms with E-state index in [0.29, 0.717) is 11.2 Å². The first-order valence-corrected chi connectivity index (χ1v) is 17.0. The van der Waals surface area contributed by atoms with Crippen molar-refractivity contribution in [3.8, 4) is 33.6 Å². The fraction of sp³-hybridized carbons (Fsp3) is 0.0222. The second-order valence-electron chi connectivity index (χ2n) is 13.0. The smallest absolute Gasteiger partial charge is 0.309 e. The maximum Gasteiger partial charge on any atom is 0.417 e. The molecule has 0 saturated heterocycles. The summed E-state index contributed by atoms with van der Waals surface area (Å²) >= 11 is 0. The van der Waals surface area contributed by atoms with Crippen LogP contribution in [0.2, 0.25) is 0 Å². The second kappa shape index (κ2) is 11.4. The lowest BCUT2D eigenvalue weighted by Crippen LogP contribution is -2.06. The van der Waals surface area contributed by atoms with Crippen molar-refractivity contribution in [3.05, 3.63) is 170 Å². The molecular weight excluding hydrogens is 654 g/mol. The van der Waals surface area contributed by atoms with E-state index < -0.39 is 11.7 Å². The van der Waals surface area contributed by atoms with Gasteiger partial charge in [0.25, 0.3) is 0 Å². The molecule has 4 nitrogen and oxygen atoms in total. The van der Waals surface area contributed by atoms with Gasteiger partial charge in [0.2, 0.25) is 0 Å². The zero-order chi connectivity index (χ0) is 35.0. The fourth-order valence-electron chi connectivity index (χ4n) is 7.79. The molecule has 0 unspecified atom stereocenters. The maximum absolute atomic E-state index is 14.2. The number of rotatable bonds is 4. The number of hydrogen-bond acceptors (Lipinski definition) is 2. The quantitative estimate of drug-likeness (QED) is 0.185. The van der Waals surface area contributed by atoms with E-state index in [1.54, 1.807) is 30.6 Å². The van der Waals surface area contributed by atoms with Crippen LogP contribution in [0.1, 0.15) is 5.56 Å². The summed E-state index contributed by atoms with van der Waals surface area (Å²) in [5.41, 5.74) is 8.84. The Kier molecular flexibility index (Phi) is 6.60. The van der Waals surface area contributed by atoms with E-state index in [0.717, 1.165) is 77.6 Å². The largest absolute Gasteiger partial charge is 0.417 e. The lowest BCUT2D eigenvalue weighted by Gasteiger charge is -2.13. The van der Waals surface area contributed by atoms with Crippen molar-refractivity contribution in [1.82, 2.24) is 19.1 Å². The highest BCUT2D eigenvalue weighted by Crippen LogP contribution is 2.43. The minimum absolute atomic E-state index is 0.162. The number of para-hydroxylation sites is 2. The molecule has 0 N–H and O–H groups in total. The van der Waals surface area contributed by atoms with Crippen molar-refractivity contribution in [2.24, 2.45) is 0 Å². The van der Waals surface area contributed by atoms with E-state index in [1.165, 1.54) is 6.07 Å². The van der Waals surface area contributed by atoms with Crippen molar-refractivity contribution in [2.75, 3.05) is 0 Å². The van der Waals surface area contributed by atoms with Gasteiger partial charge in [-0.1, -0.05) is 72.8 Å². The molecule has 4 heterocycles. The van der Waals surface area contributed by atoms with Gasteiger partial charge >= 0.3 is 6.18 Å². The molecule has 6 aromatic carbocycles. The molecule has 0 aliphatic carbocycles. The third kappa shape index (κ3) is 4.63. The molecule has 10 rings (SSSR count). The Morgan fingerprint density at radius 3 is 1.83 bits per heavy atom. The van der Waals surface area contributed by atoms with Crippen LogP contribution in [-0.4, -0.2) is 19.1 Å². The molecule has 52 heavy (non-hydrogen) atoms. The van der Waals surface area contributed by atoms with Crippen LogP contribution < -0.4 is 0 Å². The molecule has 248 valence electrons. The monoisotopic (exact) mass is 680 g/mol. The van der Waals surface area contributed by atoms with E-state index in [4.69, 9.17) is 0 Å². The Balaban J connectivity index is 1.23. The number of hydrogen-bond donors (Lipinski definition) is 0. The standard InChI is InChI=1S/C45H27F3N4/c46-45(47,48)39-14-6-4-11-33(39)29-18-21-41-36(25-29)38-26-37-34-12-5-7-15-40(34)52(42(37)27-43(38)51(41)30-9-2-1-3-10-30)31-19-16-28(17-20-31)32-22-24-50-44-35(32)13-8-23-49-44/h1-27H. The van der Waals surface area contributed by atoms with E-state index in [1.807, 2.05) is 60.7 Å². The normalized spacial score (nSPS) is 12.1. The molecule has 4 aromatic heterocycles. The highest BCUT2D eigenvalue weighted by atomic mass is 19.4. The van der Waals surface area contributed by atoms with Crippen molar-refractivity contribution < 1.29 is 13.2 Å². The number of nitrogens with zero attached hydrogens (tertiary/aromatic N) is 4. The van der Waals surface area contributed by atoms with Crippen LogP contribution in [0.25, 0.3) is 88.3 Å². The highest BCUT2D eigenvalue weighted by molar-refractivity contribution is 6.19. The van der Waals surface area contributed by atoms with Gasteiger partial charge < -0.3 is 9.13 Å². The number of halogens is 3. The minimum atomic E-state index is -4.47. The Morgan fingerprint density at radius 1 is 0.404 bits per heavy atom. The van der Waals surface area contributed by atoms with Gasteiger partial charge in [0.15, 0.2) is 5.65 Å². The summed E-state index contributed by atoms with van der Waals surface area (Å²) in [6.45, 7) is 0. The number of aromatic nitrogens is 4. The summed E-state index contributed by atoms with van der Waals surface area (Å²) in [7, 11) is 0. The number of benzene rings is 6. The van der Waals surface area contributed by atoms with Gasteiger partial charge in [-0.2, -0.15) is 13.2 Å². The Morgan fingerprint density at radius 2 is 1.02 bits per heavy atom. The van der Waals surface area contributed by atoms with Crippen LogP contribution in [0.3, 0.4) is 0 Å². The van der Waals surface area contributed by atoms with Crippen LogP contribution in [0.15, 0.2) is 164 Å². The third-order valence-electron chi connectivity index (χ3n) is 10.1. The van der Waals surface area contributed by atoms with Crippen LogP contribution in [0, 0.1) is 0 Å². The first kappa shape index (κ1) is 30.1. The molecule has 0 saturated carbocycles. The fourth-order valence-corrected chi connectivity index (χ4v) is 7.79. The summed E-state index contributed by atoms with van der Waals surface area (Å²) in [6.07, 6.45) is -0.926. The molecular formula is C45H27F3N4. The Hall–Kier alpha value is -6.73. The molecule has 0 atom stereocenters. The van der Waals surface area contributed by atoms with E-state index in [9.17, 15) is 13.2 Å². The average Bonchev–Trinajstić information content (AvgIpc) is 3.68. The minimum Gasteiger partial charge on any atom is -0.309 e. The van der Waals surface area contributed by atoms with Gasteiger partial charge in [0.05, 0.1) is 27.6 Å². The molecule has 10 aromatic rings. The van der Waals surface area contributed by atoms with Gasteiger partial charge in [-0.05, 0) is 101 Å².